The number of fused-ring (bicyclic) bond motifs is 1. The lowest BCUT2D eigenvalue weighted by molar-refractivity contribution is -0.428. The fraction of sp³-hybridized carbons (Fsp3) is 0.471. The van der Waals surface area contributed by atoms with Crippen LogP contribution in [0.25, 0.3) is 0 Å². The summed E-state index contributed by atoms with van der Waals surface area (Å²) in [6.45, 7) is 3.81. The van der Waals surface area contributed by atoms with Gasteiger partial charge in [-0.05, 0) is 19.1 Å². The van der Waals surface area contributed by atoms with Crippen LogP contribution in [0.1, 0.15) is 41.0 Å². The topological polar surface area (TPSA) is 97.4 Å². The van der Waals surface area contributed by atoms with Gasteiger partial charge in [0.2, 0.25) is 5.91 Å². The van der Waals surface area contributed by atoms with Gasteiger partial charge < -0.3 is 10.1 Å². The smallest absolute Gasteiger partial charge is 0.265 e. The van der Waals surface area contributed by atoms with E-state index in [-0.39, 0.29) is 23.1 Å². The molecule has 9 heteroatoms. The Morgan fingerprint density at radius 3 is 2.85 bits per heavy atom. The molecule has 2 unspecified atom stereocenters. The van der Waals surface area contributed by atoms with Crippen LogP contribution in [0.4, 0.5) is 5.69 Å². The highest BCUT2D eigenvalue weighted by Gasteiger charge is 2.44. The molecule has 0 aromatic heterocycles. The number of imide groups is 1. The van der Waals surface area contributed by atoms with Crippen molar-refractivity contribution in [3.63, 3.8) is 0 Å². The highest BCUT2D eigenvalue weighted by molar-refractivity contribution is 6.24. The lowest BCUT2D eigenvalue weighted by Crippen LogP contribution is -2.50. The maximum atomic E-state index is 12.9. The van der Waals surface area contributed by atoms with Gasteiger partial charge in [-0.1, -0.05) is 11.3 Å². The number of hydrogen-bond donors (Lipinski definition) is 1. The molecule has 1 N–H and O–H groups in total. The molecule has 1 aromatic carbocycles. The molecule has 0 bridgehead atoms. The van der Waals surface area contributed by atoms with E-state index >= 15 is 0 Å². The molecule has 0 spiro atoms. The standard InChI is InChI=1S/C17H21N3O6/c1-10(24-3)9-19-25-8-7-14(26-19)20-16(22)12-5-4-6-13(18-11(2)21)15(12)17(20)23/h4-6,10,14H,7-9H2,1-3H3,(H,18,21). The number of hydrogen-bond acceptors (Lipinski definition) is 7. The van der Waals surface area contributed by atoms with Crippen LogP contribution in [0.2, 0.25) is 0 Å². The van der Waals surface area contributed by atoms with Gasteiger partial charge in [0, 0.05) is 20.5 Å². The van der Waals surface area contributed by atoms with Crippen molar-refractivity contribution >= 4 is 23.4 Å². The van der Waals surface area contributed by atoms with Crippen molar-refractivity contribution in [2.24, 2.45) is 0 Å². The molecule has 2 aliphatic rings. The number of amides is 3. The van der Waals surface area contributed by atoms with Crippen LogP contribution in [0, 0.1) is 0 Å². The minimum Gasteiger partial charge on any atom is -0.380 e. The molecule has 1 aromatic rings. The maximum absolute atomic E-state index is 12.9. The van der Waals surface area contributed by atoms with Gasteiger partial charge in [-0.15, -0.1) is 0 Å². The summed E-state index contributed by atoms with van der Waals surface area (Å²) in [5.74, 6) is -1.27. The number of carbonyl (C=O) groups is 3. The Hall–Kier alpha value is -2.33. The maximum Gasteiger partial charge on any atom is 0.265 e. The average molecular weight is 363 g/mol. The van der Waals surface area contributed by atoms with E-state index in [4.69, 9.17) is 14.4 Å². The lowest BCUT2D eigenvalue weighted by Gasteiger charge is -2.35. The van der Waals surface area contributed by atoms with Gasteiger partial charge >= 0.3 is 0 Å². The van der Waals surface area contributed by atoms with Crippen molar-refractivity contribution in [1.29, 1.82) is 0 Å². The third-order valence-electron chi connectivity index (χ3n) is 4.19. The highest BCUT2D eigenvalue weighted by Crippen LogP contribution is 2.32. The molecule has 3 rings (SSSR count). The number of nitrogens with one attached hydrogen (secondary N) is 1. The SMILES string of the molecule is COC(C)CN1OCCC(N2C(=O)c3cccc(NC(C)=O)c3C2=O)O1. The van der Waals surface area contributed by atoms with Gasteiger partial charge in [0.05, 0.1) is 36.1 Å². The Morgan fingerprint density at radius 1 is 1.38 bits per heavy atom. The van der Waals surface area contributed by atoms with Crippen LogP contribution in [0.5, 0.6) is 0 Å². The van der Waals surface area contributed by atoms with E-state index in [1.54, 1.807) is 25.3 Å². The van der Waals surface area contributed by atoms with Crippen LogP contribution in [-0.4, -0.2) is 60.4 Å². The van der Waals surface area contributed by atoms with E-state index in [0.29, 0.717) is 25.3 Å². The minimum atomic E-state index is -0.787. The molecule has 9 nitrogen and oxygen atoms in total. The Bertz CT molecular complexity index is 737. The van der Waals surface area contributed by atoms with E-state index in [0.717, 1.165) is 4.90 Å². The molecule has 0 aliphatic carbocycles. The lowest BCUT2D eigenvalue weighted by atomic mass is 10.1. The van der Waals surface area contributed by atoms with E-state index in [9.17, 15) is 14.4 Å². The predicted octanol–water partition coefficient (Wildman–Crippen LogP) is 1.17. The summed E-state index contributed by atoms with van der Waals surface area (Å²) in [6.07, 6.45) is -0.591. The third-order valence-corrected chi connectivity index (χ3v) is 4.19. The number of rotatable bonds is 5. The summed E-state index contributed by atoms with van der Waals surface area (Å²) in [7, 11) is 1.57. The summed E-state index contributed by atoms with van der Waals surface area (Å²) in [5.41, 5.74) is 0.737. The van der Waals surface area contributed by atoms with Gasteiger partial charge in [0.25, 0.3) is 11.8 Å². The first-order chi connectivity index (χ1) is 12.4. The predicted molar refractivity (Wildman–Crippen MR) is 89.9 cm³/mol. The van der Waals surface area contributed by atoms with E-state index in [1.807, 2.05) is 6.92 Å². The molecule has 1 saturated heterocycles. The summed E-state index contributed by atoms with van der Waals surface area (Å²) < 4.78 is 5.17. The summed E-state index contributed by atoms with van der Waals surface area (Å²) >= 11 is 0. The number of nitrogens with zero attached hydrogens (tertiary/aromatic N) is 2. The van der Waals surface area contributed by atoms with Gasteiger partial charge in [-0.3, -0.25) is 19.2 Å². The summed E-state index contributed by atoms with van der Waals surface area (Å²) in [6, 6.07) is 4.77. The molecule has 26 heavy (non-hydrogen) atoms. The van der Waals surface area contributed by atoms with E-state index in [1.165, 1.54) is 12.2 Å². The van der Waals surface area contributed by atoms with Gasteiger partial charge in [0.1, 0.15) is 0 Å². The number of carbonyl (C=O) groups excluding carboxylic acids is 3. The second kappa shape index (κ2) is 7.50. The quantitative estimate of drug-likeness (QED) is 0.784. The molecule has 2 aliphatic heterocycles. The normalized spacial score (nSPS) is 21.7. The minimum absolute atomic E-state index is 0.151. The monoisotopic (exact) mass is 363 g/mol. The van der Waals surface area contributed by atoms with Crippen LogP contribution < -0.4 is 5.32 Å². The van der Waals surface area contributed by atoms with Crippen LogP contribution in [-0.2, 0) is 19.2 Å². The van der Waals surface area contributed by atoms with Crippen LogP contribution in [0.15, 0.2) is 18.2 Å². The van der Waals surface area contributed by atoms with Crippen LogP contribution in [0.3, 0.4) is 0 Å². The van der Waals surface area contributed by atoms with E-state index < -0.39 is 18.0 Å². The zero-order valence-electron chi connectivity index (χ0n) is 14.9. The second-order valence-corrected chi connectivity index (χ2v) is 6.13. The van der Waals surface area contributed by atoms with Crippen molar-refractivity contribution in [3.05, 3.63) is 29.3 Å². The van der Waals surface area contributed by atoms with Crippen molar-refractivity contribution in [3.8, 4) is 0 Å². The number of benzene rings is 1. The molecular weight excluding hydrogens is 342 g/mol. The molecule has 2 atom stereocenters. The second-order valence-electron chi connectivity index (χ2n) is 6.13. The Kier molecular flexibility index (Phi) is 5.33. The highest BCUT2D eigenvalue weighted by atomic mass is 17.0. The summed E-state index contributed by atoms with van der Waals surface area (Å²) in [4.78, 5) is 49.1. The first-order valence-electron chi connectivity index (χ1n) is 8.31. The average Bonchev–Trinajstić information content (AvgIpc) is 2.86. The Labute approximate surface area is 150 Å². The largest absolute Gasteiger partial charge is 0.380 e. The molecule has 140 valence electrons. The molecular formula is C17H21N3O6. The van der Waals surface area contributed by atoms with Crippen molar-refractivity contribution in [2.45, 2.75) is 32.6 Å². The van der Waals surface area contributed by atoms with Crippen molar-refractivity contribution < 1.29 is 28.8 Å². The molecule has 0 radical (unpaired) electrons. The molecule has 2 heterocycles. The first kappa shape index (κ1) is 18.5. The van der Waals surface area contributed by atoms with Gasteiger partial charge in [-0.2, -0.15) is 0 Å². The zero-order chi connectivity index (χ0) is 18.8. The van der Waals surface area contributed by atoms with Crippen LogP contribution >= 0.6 is 0 Å². The Balaban J connectivity index is 1.82. The zero-order valence-corrected chi connectivity index (χ0v) is 14.9. The fourth-order valence-electron chi connectivity index (χ4n) is 2.89. The Morgan fingerprint density at radius 2 is 2.15 bits per heavy atom. The number of hydroxylamine groups is 2. The number of anilines is 1. The number of ether oxygens (including phenoxy) is 1. The third kappa shape index (κ3) is 3.47. The fourth-order valence-corrected chi connectivity index (χ4v) is 2.89. The molecule has 3 amide bonds. The van der Waals surface area contributed by atoms with Crippen molar-refractivity contribution in [2.75, 3.05) is 25.6 Å². The van der Waals surface area contributed by atoms with Crippen molar-refractivity contribution in [1.82, 2.24) is 10.1 Å². The summed E-state index contributed by atoms with van der Waals surface area (Å²) in [5, 5.41) is 3.83. The van der Waals surface area contributed by atoms with Gasteiger partial charge in [-0.25, -0.2) is 9.74 Å². The van der Waals surface area contributed by atoms with E-state index in [2.05, 4.69) is 5.32 Å². The molecule has 0 saturated carbocycles. The first-order valence-corrected chi connectivity index (χ1v) is 8.31. The number of methoxy groups -OCH3 is 1. The molecule has 1 fully saturated rings. The van der Waals surface area contributed by atoms with Gasteiger partial charge in [0.15, 0.2) is 6.23 Å².